The molecule has 0 amide bonds. The molecule has 0 heterocycles. The largest absolute Gasteiger partial charge is 0.397 e. The van der Waals surface area contributed by atoms with E-state index >= 15 is 0 Å². The van der Waals surface area contributed by atoms with Crippen molar-refractivity contribution < 1.29 is 66.9 Å². The van der Waals surface area contributed by atoms with Gasteiger partial charge in [0.25, 0.3) is 0 Å². The summed E-state index contributed by atoms with van der Waals surface area (Å²) in [7, 11) is 0. The lowest BCUT2D eigenvalue weighted by Crippen LogP contribution is -2.30. The molecule has 0 aromatic heterocycles. The molecule has 0 spiro atoms. The minimum absolute atomic E-state index is 0. The second-order valence-corrected chi connectivity index (χ2v) is 5.61. The van der Waals surface area contributed by atoms with Crippen LogP contribution in [0.3, 0.4) is 0 Å². The quantitative estimate of drug-likeness (QED) is 0.335. The van der Waals surface area contributed by atoms with Crippen molar-refractivity contribution in [1.82, 2.24) is 0 Å². The molecule has 32 heavy (non-hydrogen) atoms. The van der Waals surface area contributed by atoms with Crippen molar-refractivity contribution in [3.63, 3.8) is 0 Å². The maximum atomic E-state index is 11.8. The van der Waals surface area contributed by atoms with E-state index in [0.717, 1.165) is 0 Å². The number of halogens is 14. The summed E-state index contributed by atoms with van der Waals surface area (Å²) in [5.41, 5.74) is -1.52. The Morgan fingerprint density at radius 3 is 1.00 bits per heavy atom. The standard InChI is InChI=1S/C6H11F3.C4H7F3.C3H2F6O.C2H6.2CH4.F2/c1-4-5(2,3)6(7,8)9;1-2-3-4(5,6)7;4-2(5,6)1-3(7,8)10-9;1-2;;;1-2/h4H2,1-3H3;2-3H2,1H3;1H2;1-2H3;2*1H4;. The normalized spacial score (nSPS) is 11.2. The zero-order chi connectivity index (χ0) is 26.0. The molecule has 0 aromatic carbocycles. The lowest BCUT2D eigenvalue weighted by Gasteiger charge is -2.25. The first-order chi connectivity index (χ1) is 13.1. The lowest BCUT2D eigenvalue weighted by atomic mass is 9.90. The third kappa shape index (κ3) is 39.5. The first kappa shape index (κ1) is 48.4. The molecule has 0 aliphatic rings. The van der Waals surface area contributed by atoms with Crippen molar-refractivity contribution in [2.45, 2.75) is 107 Å². The Balaban J connectivity index is -0.0000000532. The van der Waals surface area contributed by atoms with Crippen molar-refractivity contribution in [2.75, 3.05) is 0 Å². The topological polar surface area (TPSA) is 9.23 Å². The second kappa shape index (κ2) is 21.8. The summed E-state index contributed by atoms with van der Waals surface area (Å²) < 4.78 is 151. The summed E-state index contributed by atoms with van der Waals surface area (Å²) in [6.45, 7) is 9.45. The Hall–Kier alpha value is -1.02. The van der Waals surface area contributed by atoms with Crippen LogP contribution >= 0.6 is 0 Å². The lowest BCUT2D eigenvalue weighted by molar-refractivity contribution is -0.379. The summed E-state index contributed by atoms with van der Waals surface area (Å²) in [4.78, 5) is 1.76. The van der Waals surface area contributed by atoms with Gasteiger partial charge in [-0.1, -0.05) is 56.4 Å². The van der Waals surface area contributed by atoms with E-state index < -0.39 is 42.9 Å². The van der Waals surface area contributed by atoms with Crippen molar-refractivity contribution in [1.29, 1.82) is 0 Å². The van der Waals surface area contributed by atoms with Gasteiger partial charge in [0.05, 0.1) is 5.41 Å². The molecule has 0 aliphatic carbocycles. The fourth-order valence-electron chi connectivity index (χ4n) is 0.745. The molecule has 15 heteroatoms. The van der Waals surface area contributed by atoms with Crippen molar-refractivity contribution >= 4 is 0 Å². The molecule has 206 valence electrons. The highest BCUT2D eigenvalue weighted by atomic mass is 20.0. The molecule has 1 nitrogen and oxygen atoms in total. The van der Waals surface area contributed by atoms with Gasteiger partial charge in [-0.05, 0) is 17.4 Å². The second-order valence-electron chi connectivity index (χ2n) is 5.61. The van der Waals surface area contributed by atoms with E-state index in [2.05, 4.69) is 0 Å². The number of hydrogen-bond donors (Lipinski definition) is 0. The highest BCUT2D eigenvalue weighted by molar-refractivity contribution is 4.74. The fraction of sp³-hybridized carbons (Fsp3) is 1.00. The molecule has 0 aliphatic heterocycles. The molecular weight excluding hydrogens is 486 g/mol. The first-order valence-electron chi connectivity index (χ1n) is 8.16. The predicted octanol–water partition coefficient (Wildman–Crippen LogP) is 10.9. The molecule has 0 saturated carbocycles. The fourth-order valence-corrected chi connectivity index (χ4v) is 0.745. The Morgan fingerprint density at radius 1 is 0.656 bits per heavy atom. The average molecular weight is 520 g/mol. The smallest absolute Gasteiger partial charge is 0.173 e. The highest BCUT2D eigenvalue weighted by Crippen LogP contribution is 2.39. The minimum atomic E-state index is -5.13. The minimum Gasteiger partial charge on any atom is -0.173 e. The molecule has 0 rings (SSSR count). The average Bonchev–Trinajstić information content (AvgIpc) is 2.55. The summed E-state index contributed by atoms with van der Waals surface area (Å²) >= 11 is 0. The van der Waals surface area contributed by atoms with Gasteiger partial charge in [-0.15, -0.1) is 4.94 Å². The zero-order valence-electron chi connectivity index (χ0n) is 17.0. The van der Waals surface area contributed by atoms with Crippen molar-refractivity contribution in [3.8, 4) is 0 Å². The van der Waals surface area contributed by atoms with Gasteiger partial charge in [-0.2, -0.15) is 48.3 Å². The van der Waals surface area contributed by atoms with Crippen LogP contribution in [0.15, 0.2) is 0 Å². The Labute approximate surface area is 180 Å². The van der Waals surface area contributed by atoms with E-state index in [0.29, 0.717) is 0 Å². The van der Waals surface area contributed by atoms with Crippen molar-refractivity contribution in [3.05, 3.63) is 0 Å². The van der Waals surface area contributed by atoms with Crippen LogP contribution in [0, 0.1) is 5.41 Å². The number of alkyl halides is 11. The molecule has 0 aromatic rings. The SMILES string of the molecule is C.C.CC.CCC(C)(C)C(F)(F)F.CCCC(F)(F)F.FF.FOC(F)(F)CC(F)(F)F. The molecule has 0 bridgehead atoms. The van der Waals surface area contributed by atoms with Crippen LogP contribution in [-0.4, -0.2) is 24.6 Å². The molecule has 0 atom stereocenters. The summed E-state index contributed by atoms with van der Waals surface area (Å²) in [6, 6.07) is 0. The van der Waals surface area contributed by atoms with Crippen LogP contribution in [0.25, 0.3) is 0 Å². The zero-order valence-corrected chi connectivity index (χ0v) is 17.0. The first-order valence-corrected chi connectivity index (χ1v) is 8.16. The third-order valence-electron chi connectivity index (χ3n) is 2.70. The predicted molar refractivity (Wildman–Crippen MR) is 95.9 cm³/mol. The van der Waals surface area contributed by atoms with Gasteiger partial charge in [0.15, 0.2) is 0 Å². The van der Waals surface area contributed by atoms with Gasteiger partial charge in [0, 0.05) is 15.6 Å². The number of hydrogen-bond acceptors (Lipinski definition) is 1. The monoisotopic (exact) mass is 520 g/mol. The van der Waals surface area contributed by atoms with Crippen LogP contribution in [0.5, 0.6) is 0 Å². The molecular formula is C17H34F14O. The summed E-state index contributed by atoms with van der Waals surface area (Å²) in [6.07, 6.45) is -20.9. The van der Waals surface area contributed by atoms with Gasteiger partial charge in [-0.3, -0.25) is 0 Å². The Morgan fingerprint density at radius 2 is 0.969 bits per heavy atom. The van der Waals surface area contributed by atoms with Crippen LogP contribution in [0.2, 0.25) is 0 Å². The van der Waals surface area contributed by atoms with Gasteiger partial charge >= 0.3 is 24.6 Å². The summed E-state index contributed by atoms with van der Waals surface area (Å²) in [5.74, 6) is 0. The van der Waals surface area contributed by atoms with E-state index in [9.17, 15) is 52.8 Å². The molecule has 0 radical (unpaired) electrons. The van der Waals surface area contributed by atoms with E-state index in [4.69, 9.17) is 9.15 Å². The maximum absolute atomic E-state index is 11.8. The molecule has 0 N–H and O–H groups in total. The van der Waals surface area contributed by atoms with Gasteiger partial charge in [0.2, 0.25) is 0 Å². The maximum Gasteiger partial charge on any atom is 0.397 e. The third-order valence-corrected chi connectivity index (χ3v) is 2.70. The van der Waals surface area contributed by atoms with Crippen molar-refractivity contribution in [2.24, 2.45) is 5.41 Å². The molecule has 0 fully saturated rings. The van der Waals surface area contributed by atoms with E-state index in [-0.39, 0.29) is 27.7 Å². The van der Waals surface area contributed by atoms with Crippen LogP contribution in [-0.2, 0) is 4.94 Å². The van der Waals surface area contributed by atoms with Gasteiger partial charge in [-0.25, -0.2) is 0 Å². The van der Waals surface area contributed by atoms with E-state index in [1.54, 1.807) is 4.94 Å². The van der Waals surface area contributed by atoms with Crippen LogP contribution < -0.4 is 0 Å². The number of rotatable bonds is 4. The Bertz CT molecular complexity index is 360. The Kier molecular flexibility index (Phi) is 33.0. The summed E-state index contributed by atoms with van der Waals surface area (Å²) in [5, 5.41) is 0. The van der Waals surface area contributed by atoms with Crippen LogP contribution in [0.1, 0.15) is 82.1 Å². The van der Waals surface area contributed by atoms with Crippen LogP contribution in [0.4, 0.5) is 62.0 Å². The van der Waals surface area contributed by atoms with Gasteiger partial charge in [0.1, 0.15) is 6.42 Å². The molecule has 0 unspecified atom stereocenters. The highest BCUT2D eigenvalue weighted by Gasteiger charge is 2.46. The molecule has 0 saturated heterocycles. The van der Waals surface area contributed by atoms with E-state index in [1.807, 2.05) is 13.8 Å². The van der Waals surface area contributed by atoms with Gasteiger partial charge < -0.3 is 0 Å². The van der Waals surface area contributed by atoms with E-state index in [1.165, 1.54) is 27.7 Å².